The van der Waals surface area contributed by atoms with Gasteiger partial charge in [0.1, 0.15) is 0 Å². The summed E-state index contributed by atoms with van der Waals surface area (Å²) in [6.07, 6.45) is 5.56. The lowest BCUT2D eigenvalue weighted by molar-refractivity contribution is -0.134. The van der Waals surface area contributed by atoms with Gasteiger partial charge in [-0.15, -0.1) is 0 Å². The van der Waals surface area contributed by atoms with Crippen LogP contribution in [0.3, 0.4) is 0 Å². The number of fused-ring (bicyclic) bond motifs is 2. The minimum atomic E-state index is 0.113. The molecule has 0 spiro atoms. The van der Waals surface area contributed by atoms with Gasteiger partial charge < -0.3 is 20.0 Å². The molecule has 24 heavy (non-hydrogen) atoms. The number of amides is 3. The first-order valence-corrected chi connectivity index (χ1v) is 9.68. The topological polar surface area (TPSA) is 55.9 Å². The molecule has 2 unspecified atom stereocenters. The van der Waals surface area contributed by atoms with Crippen molar-refractivity contribution in [2.75, 3.05) is 39.3 Å². The Kier molecular flexibility index (Phi) is 5.64. The van der Waals surface area contributed by atoms with Crippen LogP contribution in [-0.4, -0.2) is 78.0 Å². The number of carbonyl (C=O) groups is 2. The van der Waals surface area contributed by atoms with Crippen LogP contribution in [0.4, 0.5) is 4.79 Å². The Morgan fingerprint density at radius 3 is 2.04 bits per heavy atom. The first-order chi connectivity index (χ1) is 11.6. The highest BCUT2D eigenvalue weighted by Crippen LogP contribution is 2.33. The fraction of sp³-hybridized carbons (Fsp3) is 0.889. The zero-order chi connectivity index (χ0) is 17.1. The minimum absolute atomic E-state index is 0.113. The molecule has 3 saturated heterocycles. The van der Waals surface area contributed by atoms with Gasteiger partial charge in [0.25, 0.3) is 0 Å². The largest absolute Gasteiger partial charge is 0.339 e. The zero-order valence-corrected chi connectivity index (χ0v) is 15.2. The number of piperazine rings is 1. The van der Waals surface area contributed by atoms with E-state index in [2.05, 4.69) is 5.32 Å². The average molecular weight is 336 g/mol. The number of rotatable bonds is 4. The maximum absolute atomic E-state index is 12.6. The van der Waals surface area contributed by atoms with Crippen molar-refractivity contribution in [2.24, 2.45) is 5.92 Å². The summed E-state index contributed by atoms with van der Waals surface area (Å²) in [6.45, 7) is 8.20. The third-order valence-electron chi connectivity index (χ3n) is 5.97. The van der Waals surface area contributed by atoms with E-state index in [1.165, 1.54) is 12.8 Å². The summed E-state index contributed by atoms with van der Waals surface area (Å²) >= 11 is 0. The molecule has 3 heterocycles. The van der Waals surface area contributed by atoms with E-state index in [-0.39, 0.29) is 11.9 Å². The highest BCUT2D eigenvalue weighted by atomic mass is 16.2. The van der Waals surface area contributed by atoms with Gasteiger partial charge in [-0.05, 0) is 45.4 Å². The van der Waals surface area contributed by atoms with E-state index in [0.717, 1.165) is 25.9 Å². The molecule has 6 nitrogen and oxygen atoms in total. The van der Waals surface area contributed by atoms with Crippen molar-refractivity contribution < 1.29 is 9.59 Å². The van der Waals surface area contributed by atoms with Crippen LogP contribution in [0.1, 0.15) is 46.0 Å². The lowest BCUT2D eigenvalue weighted by atomic mass is 9.89. The van der Waals surface area contributed by atoms with Crippen LogP contribution < -0.4 is 5.32 Å². The molecule has 3 rings (SSSR count). The first-order valence-electron chi connectivity index (χ1n) is 9.68. The monoisotopic (exact) mass is 336 g/mol. The molecule has 6 heteroatoms. The molecule has 136 valence electrons. The van der Waals surface area contributed by atoms with Crippen molar-refractivity contribution in [3.05, 3.63) is 0 Å². The van der Waals surface area contributed by atoms with Crippen LogP contribution in [0.25, 0.3) is 0 Å². The van der Waals surface area contributed by atoms with E-state index in [0.29, 0.717) is 50.6 Å². The third-order valence-corrected chi connectivity index (χ3v) is 5.97. The van der Waals surface area contributed by atoms with E-state index < -0.39 is 0 Å². The molecule has 3 aliphatic rings. The highest BCUT2D eigenvalue weighted by molar-refractivity contribution is 5.78. The fourth-order valence-electron chi connectivity index (χ4n) is 4.56. The lowest BCUT2D eigenvalue weighted by Gasteiger charge is -2.38. The maximum atomic E-state index is 12.6. The molecule has 1 N–H and O–H groups in total. The number of hydrogen-bond acceptors (Lipinski definition) is 3. The van der Waals surface area contributed by atoms with Crippen molar-refractivity contribution >= 4 is 11.9 Å². The molecular weight excluding hydrogens is 304 g/mol. The van der Waals surface area contributed by atoms with E-state index in [4.69, 9.17) is 0 Å². The molecule has 0 radical (unpaired) electrons. The summed E-state index contributed by atoms with van der Waals surface area (Å²) in [5.41, 5.74) is 0. The summed E-state index contributed by atoms with van der Waals surface area (Å²) in [4.78, 5) is 30.7. The predicted molar refractivity (Wildman–Crippen MR) is 93.8 cm³/mol. The molecule has 2 bridgehead atoms. The molecule has 0 saturated carbocycles. The number of hydrogen-bond donors (Lipinski definition) is 1. The summed E-state index contributed by atoms with van der Waals surface area (Å²) in [6, 6.07) is 1.40. The van der Waals surface area contributed by atoms with Gasteiger partial charge in [-0.1, -0.05) is 0 Å². The van der Waals surface area contributed by atoms with E-state index in [1.807, 2.05) is 28.5 Å². The number of carbonyl (C=O) groups excluding carboxylic acids is 2. The predicted octanol–water partition coefficient (Wildman–Crippen LogP) is 1.51. The number of nitrogens with one attached hydrogen (secondary N) is 1. The molecule has 3 aliphatic heterocycles. The Morgan fingerprint density at radius 2 is 1.50 bits per heavy atom. The Labute approximate surface area is 145 Å². The van der Waals surface area contributed by atoms with Crippen LogP contribution in [0.2, 0.25) is 0 Å². The number of piperidine rings is 1. The molecular formula is C18H32N4O2. The Hall–Kier alpha value is -1.30. The summed E-state index contributed by atoms with van der Waals surface area (Å²) in [7, 11) is 0. The second kappa shape index (κ2) is 7.72. The van der Waals surface area contributed by atoms with Gasteiger partial charge in [0.2, 0.25) is 5.91 Å². The highest BCUT2D eigenvalue weighted by Gasteiger charge is 2.35. The van der Waals surface area contributed by atoms with Gasteiger partial charge >= 0.3 is 6.03 Å². The summed E-state index contributed by atoms with van der Waals surface area (Å²) in [5.74, 6) is 0.836. The van der Waals surface area contributed by atoms with E-state index in [1.54, 1.807) is 0 Å². The van der Waals surface area contributed by atoms with Crippen molar-refractivity contribution in [1.82, 2.24) is 20.0 Å². The van der Waals surface area contributed by atoms with Gasteiger partial charge in [-0.25, -0.2) is 4.79 Å². The van der Waals surface area contributed by atoms with Crippen molar-refractivity contribution in [1.29, 1.82) is 0 Å². The van der Waals surface area contributed by atoms with Crippen molar-refractivity contribution in [2.45, 2.75) is 58.0 Å². The number of urea groups is 1. The molecule has 3 amide bonds. The maximum Gasteiger partial charge on any atom is 0.320 e. The van der Waals surface area contributed by atoms with Gasteiger partial charge in [0.05, 0.1) is 0 Å². The van der Waals surface area contributed by atoms with Crippen LogP contribution in [0, 0.1) is 5.92 Å². The molecule has 0 aromatic heterocycles. The smallest absolute Gasteiger partial charge is 0.320 e. The minimum Gasteiger partial charge on any atom is -0.339 e. The van der Waals surface area contributed by atoms with Gasteiger partial charge in [-0.2, -0.15) is 0 Å². The average Bonchev–Trinajstić information content (AvgIpc) is 2.94. The number of nitrogens with zero attached hydrogens (tertiary/aromatic N) is 3. The second-order valence-electron chi connectivity index (χ2n) is 7.50. The normalized spacial score (nSPS) is 29.7. The standard InChI is InChI=1S/C18H32N4O2/c1-3-20(4-2)18(24)22-9-7-21(8-10-22)17(23)13-14-11-15-5-6-16(12-14)19-15/h14-16,19H,3-13H2,1-2H3. The Bertz CT molecular complexity index is 446. The molecule has 0 aliphatic carbocycles. The van der Waals surface area contributed by atoms with Gasteiger partial charge in [-0.3, -0.25) is 4.79 Å². The quantitative estimate of drug-likeness (QED) is 0.847. The fourth-order valence-corrected chi connectivity index (χ4v) is 4.56. The second-order valence-corrected chi connectivity index (χ2v) is 7.50. The van der Waals surface area contributed by atoms with Crippen LogP contribution >= 0.6 is 0 Å². The van der Waals surface area contributed by atoms with Crippen molar-refractivity contribution in [3.63, 3.8) is 0 Å². The zero-order valence-electron chi connectivity index (χ0n) is 15.2. The Balaban J connectivity index is 1.44. The summed E-state index contributed by atoms with van der Waals surface area (Å²) in [5, 5.41) is 3.64. The van der Waals surface area contributed by atoms with Crippen LogP contribution in [0.5, 0.6) is 0 Å². The molecule has 2 atom stereocenters. The molecule has 3 fully saturated rings. The van der Waals surface area contributed by atoms with Crippen molar-refractivity contribution in [3.8, 4) is 0 Å². The molecule has 0 aromatic rings. The van der Waals surface area contributed by atoms with Crippen LogP contribution in [-0.2, 0) is 4.79 Å². The first kappa shape index (κ1) is 17.5. The lowest BCUT2D eigenvalue weighted by Crippen LogP contribution is -2.54. The van der Waals surface area contributed by atoms with E-state index in [9.17, 15) is 9.59 Å². The van der Waals surface area contributed by atoms with Gasteiger partial charge in [0.15, 0.2) is 0 Å². The summed E-state index contributed by atoms with van der Waals surface area (Å²) < 4.78 is 0. The SMILES string of the molecule is CCN(CC)C(=O)N1CCN(C(=O)CC2CC3CCC(C2)N3)CC1. The molecule has 0 aromatic carbocycles. The van der Waals surface area contributed by atoms with Gasteiger partial charge in [0, 0.05) is 57.8 Å². The third kappa shape index (κ3) is 3.85. The Morgan fingerprint density at radius 1 is 0.958 bits per heavy atom. The van der Waals surface area contributed by atoms with Crippen LogP contribution in [0.15, 0.2) is 0 Å². The van der Waals surface area contributed by atoms with E-state index >= 15 is 0 Å².